The van der Waals surface area contributed by atoms with Gasteiger partial charge in [0.05, 0.1) is 29.9 Å². The van der Waals surface area contributed by atoms with Gasteiger partial charge in [-0.05, 0) is 65.7 Å². The lowest BCUT2D eigenvalue weighted by Crippen LogP contribution is -2.29. The van der Waals surface area contributed by atoms with Crippen molar-refractivity contribution in [2.24, 2.45) is 0 Å². The van der Waals surface area contributed by atoms with Crippen LogP contribution < -0.4 is 14.4 Å². The number of carbonyl (C=O) groups excluding carboxylic acids is 3. The number of nitriles is 1. The average Bonchev–Trinajstić information content (AvgIpc) is 3.45. The van der Waals surface area contributed by atoms with Crippen molar-refractivity contribution in [2.45, 2.75) is 19.4 Å². The summed E-state index contributed by atoms with van der Waals surface area (Å²) in [7, 11) is 0. The molecule has 5 rings (SSSR count). The minimum absolute atomic E-state index is 0.0943. The SMILES string of the molecule is CC(=O)Oc1cccc(C2/C(=C(/O)c3ccc4c(c3)CCO4)C(=O)C(=O)N2c2ccc(C#N)cc2)c1. The average molecular weight is 480 g/mol. The molecule has 8 nitrogen and oxygen atoms in total. The molecule has 3 aromatic rings. The van der Waals surface area contributed by atoms with Crippen LogP contribution in [-0.2, 0) is 20.8 Å². The molecule has 2 aliphatic rings. The zero-order chi connectivity index (χ0) is 25.4. The van der Waals surface area contributed by atoms with E-state index in [1.165, 1.54) is 11.8 Å². The van der Waals surface area contributed by atoms with Crippen LogP contribution in [-0.4, -0.2) is 29.4 Å². The Bertz CT molecular complexity index is 1480. The number of amides is 1. The molecular weight excluding hydrogens is 460 g/mol. The highest BCUT2D eigenvalue weighted by molar-refractivity contribution is 6.51. The van der Waals surface area contributed by atoms with Gasteiger partial charge in [0.2, 0.25) is 0 Å². The van der Waals surface area contributed by atoms with E-state index in [2.05, 4.69) is 0 Å². The van der Waals surface area contributed by atoms with Crippen LogP contribution in [0.2, 0.25) is 0 Å². The van der Waals surface area contributed by atoms with Crippen LogP contribution in [0.1, 0.15) is 35.2 Å². The van der Waals surface area contributed by atoms with Crippen LogP contribution in [0.15, 0.2) is 72.3 Å². The highest BCUT2D eigenvalue weighted by atomic mass is 16.5. The topological polar surface area (TPSA) is 117 Å². The molecule has 1 saturated heterocycles. The molecule has 0 radical (unpaired) electrons. The van der Waals surface area contributed by atoms with Gasteiger partial charge in [0.1, 0.15) is 17.3 Å². The Hall–Kier alpha value is -4.90. The van der Waals surface area contributed by atoms with Gasteiger partial charge in [-0.25, -0.2) is 0 Å². The number of Topliss-reactive ketones (excluding diaryl/α,β-unsaturated/α-hetero) is 1. The summed E-state index contributed by atoms with van der Waals surface area (Å²) in [5.74, 6) is -1.56. The summed E-state index contributed by atoms with van der Waals surface area (Å²) in [6.45, 7) is 1.80. The second-order valence-corrected chi connectivity index (χ2v) is 8.41. The third-order valence-electron chi connectivity index (χ3n) is 6.12. The minimum atomic E-state index is -1.00. The predicted octanol–water partition coefficient (Wildman–Crippen LogP) is 4.04. The van der Waals surface area contributed by atoms with Crippen molar-refractivity contribution in [1.82, 2.24) is 0 Å². The van der Waals surface area contributed by atoms with Crippen LogP contribution in [0.25, 0.3) is 5.76 Å². The number of aliphatic hydroxyl groups is 1. The summed E-state index contributed by atoms with van der Waals surface area (Å²) in [4.78, 5) is 39.4. The molecule has 178 valence electrons. The van der Waals surface area contributed by atoms with Crippen molar-refractivity contribution in [3.63, 3.8) is 0 Å². The van der Waals surface area contributed by atoms with Crippen LogP contribution in [0.5, 0.6) is 11.5 Å². The second kappa shape index (κ2) is 9.04. The molecule has 1 fully saturated rings. The van der Waals surface area contributed by atoms with E-state index in [9.17, 15) is 19.5 Å². The molecule has 2 aliphatic heterocycles. The molecule has 1 amide bonds. The lowest BCUT2D eigenvalue weighted by Gasteiger charge is -2.25. The molecule has 2 heterocycles. The van der Waals surface area contributed by atoms with Crippen LogP contribution in [0, 0.1) is 11.3 Å². The number of esters is 1. The Morgan fingerprint density at radius 3 is 2.61 bits per heavy atom. The van der Waals surface area contributed by atoms with Crippen molar-refractivity contribution in [1.29, 1.82) is 5.26 Å². The van der Waals surface area contributed by atoms with Gasteiger partial charge < -0.3 is 14.6 Å². The van der Waals surface area contributed by atoms with Gasteiger partial charge in [0.15, 0.2) is 0 Å². The quantitative estimate of drug-likeness (QED) is 0.197. The van der Waals surface area contributed by atoms with Crippen LogP contribution >= 0.6 is 0 Å². The van der Waals surface area contributed by atoms with Crippen LogP contribution in [0.4, 0.5) is 5.69 Å². The van der Waals surface area contributed by atoms with Crippen LogP contribution in [0.3, 0.4) is 0 Å². The number of rotatable bonds is 4. The number of ketones is 1. The first-order valence-electron chi connectivity index (χ1n) is 11.2. The monoisotopic (exact) mass is 480 g/mol. The highest BCUT2D eigenvalue weighted by Gasteiger charge is 2.47. The number of ether oxygens (including phenoxy) is 2. The molecule has 0 aliphatic carbocycles. The molecule has 0 aromatic heterocycles. The maximum absolute atomic E-state index is 13.3. The molecule has 1 N–H and O–H groups in total. The Morgan fingerprint density at radius 1 is 1.11 bits per heavy atom. The fourth-order valence-corrected chi connectivity index (χ4v) is 4.51. The number of carbonyl (C=O) groups is 3. The molecule has 0 saturated carbocycles. The highest BCUT2D eigenvalue weighted by Crippen LogP contribution is 2.43. The van der Waals surface area contributed by atoms with E-state index in [0.717, 1.165) is 11.3 Å². The van der Waals surface area contributed by atoms with E-state index in [0.29, 0.717) is 35.4 Å². The Labute approximate surface area is 206 Å². The van der Waals surface area contributed by atoms with E-state index in [4.69, 9.17) is 14.7 Å². The lowest BCUT2D eigenvalue weighted by atomic mass is 9.94. The van der Waals surface area contributed by atoms with E-state index < -0.39 is 23.7 Å². The molecule has 0 bridgehead atoms. The van der Waals surface area contributed by atoms with Crippen molar-refractivity contribution in [3.05, 3.63) is 94.6 Å². The molecule has 1 unspecified atom stereocenters. The smallest absolute Gasteiger partial charge is 0.308 e. The number of benzene rings is 3. The first-order valence-corrected chi connectivity index (χ1v) is 11.2. The van der Waals surface area contributed by atoms with Crippen molar-refractivity contribution < 1.29 is 29.0 Å². The first kappa shape index (κ1) is 22.9. The molecular formula is C28H20N2O6. The summed E-state index contributed by atoms with van der Waals surface area (Å²) in [6, 6.07) is 18.8. The van der Waals surface area contributed by atoms with Gasteiger partial charge in [0, 0.05) is 24.6 Å². The number of nitrogens with zero attached hydrogens (tertiary/aromatic N) is 2. The summed E-state index contributed by atoms with van der Waals surface area (Å²) in [6.07, 6.45) is 0.671. The number of hydrogen-bond acceptors (Lipinski definition) is 7. The van der Waals surface area contributed by atoms with E-state index in [1.807, 2.05) is 6.07 Å². The zero-order valence-electron chi connectivity index (χ0n) is 19.2. The third-order valence-corrected chi connectivity index (χ3v) is 6.12. The van der Waals surface area contributed by atoms with Gasteiger partial charge in [-0.15, -0.1) is 0 Å². The first-order chi connectivity index (χ1) is 17.4. The fraction of sp³-hybridized carbons (Fsp3) is 0.143. The summed E-state index contributed by atoms with van der Waals surface area (Å²) >= 11 is 0. The normalized spacial score (nSPS) is 17.9. The van der Waals surface area contributed by atoms with Gasteiger partial charge in [-0.1, -0.05) is 12.1 Å². The zero-order valence-corrected chi connectivity index (χ0v) is 19.2. The number of anilines is 1. The van der Waals surface area contributed by atoms with Gasteiger partial charge >= 0.3 is 5.97 Å². The number of hydrogen-bond donors (Lipinski definition) is 1. The number of fused-ring (bicyclic) bond motifs is 1. The second-order valence-electron chi connectivity index (χ2n) is 8.41. The van der Waals surface area contributed by atoms with E-state index in [-0.39, 0.29) is 17.1 Å². The Balaban J connectivity index is 1.69. The maximum Gasteiger partial charge on any atom is 0.308 e. The van der Waals surface area contributed by atoms with Gasteiger partial charge in [0.25, 0.3) is 11.7 Å². The summed E-state index contributed by atoms with van der Waals surface area (Å²) < 4.78 is 10.7. The maximum atomic E-state index is 13.3. The molecule has 1 atom stereocenters. The third kappa shape index (κ3) is 3.97. The predicted molar refractivity (Wildman–Crippen MR) is 129 cm³/mol. The van der Waals surface area contributed by atoms with E-state index in [1.54, 1.807) is 66.7 Å². The molecule has 0 spiro atoms. The summed E-state index contributed by atoms with van der Waals surface area (Å²) in [5.41, 5.74) is 2.42. The van der Waals surface area contributed by atoms with Gasteiger partial charge in [-0.2, -0.15) is 5.26 Å². The number of aliphatic hydroxyl groups excluding tert-OH is 1. The fourth-order valence-electron chi connectivity index (χ4n) is 4.51. The molecule has 8 heteroatoms. The standard InChI is InChI=1S/C28H20N2O6/c1-16(31)36-22-4-2-3-19(14-22)25-24(26(32)20-7-10-23-18(13-20)11-12-35-23)27(33)28(34)30(25)21-8-5-17(15-29)6-9-21/h2-10,13-14,25,32H,11-12H2,1H3/b26-24-. The lowest BCUT2D eigenvalue weighted by molar-refractivity contribution is -0.132. The largest absolute Gasteiger partial charge is 0.507 e. The molecule has 3 aromatic carbocycles. The minimum Gasteiger partial charge on any atom is -0.507 e. The summed E-state index contributed by atoms with van der Waals surface area (Å²) in [5, 5.41) is 20.5. The van der Waals surface area contributed by atoms with Gasteiger partial charge in [-0.3, -0.25) is 19.3 Å². The Kier molecular flexibility index (Phi) is 5.74. The molecule has 36 heavy (non-hydrogen) atoms. The Morgan fingerprint density at radius 2 is 1.89 bits per heavy atom. The van der Waals surface area contributed by atoms with Crippen molar-refractivity contribution in [3.8, 4) is 17.6 Å². The van der Waals surface area contributed by atoms with E-state index >= 15 is 0 Å². The van der Waals surface area contributed by atoms with Crippen molar-refractivity contribution >= 4 is 29.1 Å². The van der Waals surface area contributed by atoms with Crippen molar-refractivity contribution in [2.75, 3.05) is 11.5 Å².